The fraction of sp³-hybridized carbons (Fsp3) is 0.292. The van der Waals surface area contributed by atoms with Gasteiger partial charge in [-0.15, -0.1) is 0 Å². The summed E-state index contributed by atoms with van der Waals surface area (Å²) in [6.07, 6.45) is 7.41. The zero-order valence-electron chi connectivity index (χ0n) is 16.8. The lowest BCUT2D eigenvalue weighted by Crippen LogP contribution is -2.51. The molecule has 0 radical (unpaired) electrons. The highest BCUT2D eigenvalue weighted by Crippen LogP contribution is 2.37. The van der Waals surface area contributed by atoms with Crippen LogP contribution in [-0.2, 0) is 17.8 Å². The number of benzene rings is 2. The number of nitrogens with two attached hydrogens (primary N) is 1. The highest BCUT2D eigenvalue weighted by atomic mass is 35.5. The van der Waals surface area contributed by atoms with E-state index in [4.69, 9.17) is 17.3 Å². The van der Waals surface area contributed by atoms with Gasteiger partial charge in [-0.1, -0.05) is 54.1 Å². The molecular weight excluding hydrogens is 396 g/mol. The van der Waals surface area contributed by atoms with E-state index < -0.39 is 5.41 Å². The number of hydrogen-bond donors (Lipinski definition) is 1. The van der Waals surface area contributed by atoms with E-state index in [1.165, 1.54) is 6.33 Å². The Bertz CT molecular complexity index is 1030. The van der Waals surface area contributed by atoms with Crippen LogP contribution >= 0.6 is 11.6 Å². The first-order chi connectivity index (χ1) is 14.6. The molecule has 0 spiro atoms. The number of amides is 1. The smallest absolute Gasteiger partial charge is 0.225 e. The van der Waals surface area contributed by atoms with Gasteiger partial charge in [-0.3, -0.25) is 9.69 Å². The molecule has 1 aliphatic rings. The van der Waals surface area contributed by atoms with Crippen LogP contribution in [0.2, 0.25) is 5.02 Å². The summed E-state index contributed by atoms with van der Waals surface area (Å²) >= 11 is 6.37. The number of rotatable bonds is 6. The van der Waals surface area contributed by atoms with Crippen molar-refractivity contribution >= 4 is 17.5 Å². The van der Waals surface area contributed by atoms with Crippen molar-refractivity contribution in [3.8, 4) is 11.1 Å². The molecule has 154 valence electrons. The standard InChI is InChI=1S/C24H25ClN4O/c25-22-9-4-2-7-19(22)15-29-11-5-10-24(16-29,23(26)30)12-18-6-1-3-8-21(18)20-13-27-17-28-14-20/h1-4,6-9,13-14,17H,5,10-12,15-16H2,(H2,26,30). The molecule has 1 aromatic heterocycles. The van der Waals surface area contributed by atoms with Gasteiger partial charge in [-0.05, 0) is 48.6 Å². The second kappa shape index (κ2) is 8.94. The number of aromatic nitrogens is 2. The number of halogens is 1. The predicted octanol–water partition coefficient (Wildman–Crippen LogP) is 4.11. The van der Waals surface area contributed by atoms with Crippen LogP contribution in [0.25, 0.3) is 11.1 Å². The largest absolute Gasteiger partial charge is 0.369 e. The lowest BCUT2D eigenvalue weighted by atomic mass is 9.73. The van der Waals surface area contributed by atoms with Crippen LogP contribution in [0, 0.1) is 5.41 Å². The quantitative estimate of drug-likeness (QED) is 0.651. The van der Waals surface area contributed by atoms with Crippen LogP contribution in [0.5, 0.6) is 0 Å². The molecule has 1 saturated heterocycles. The van der Waals surface area contributed by atoms with Gasteiger partial charge in [-0.2, -0.15) is 0 Å². The van der Waals surface area contributed by atoms with Crippen LogP contribution < -0.4 is 5.73 Å². The Labute approximate surface area is 181 Å². The fourth-order valence-electron chi connectivity index (χ4n) is 4.42. The monoisotopic (exact) mass is 420 g/mol. The van der Waals surface area contributed by atoms with Crippen molar-refractivity contribution in [2.75, 3.05) is 13.1 Å². The second-order valence-corrected chi connectivity index (χ2v) is 8.42. The lowest BCUT2D eigenvalue weighted by Gasteiger charge is -2.41. The lowest BCUT2D eigenvalue weighted by molar-refractivity contribution is -0.131. The highest BCUT2D eigenvalue weighted by Gasteiger charge is 2.41. The molecule has 0 aliphatic carbocycles. The summed E-state index contributed by atoms with van der Waals surface area (Å²) in [5.74, 6) is -0.245. The number of carbonyl (C=O) groups excluding carboxylic acids is 1. The van der Waals surface area contributed by atoms with E-state index in [1.54, 1.807) is 12.4 Å². The third-order valence-corrected chi connectivity index (χ3v) is 6.32. The van der Waals surface area contributed by atoms with Crippen LogP contribution in [0.3, 0.4) is 0 Å². The molecule has 1 atom stereocenters. The summed E-state index contributed by atoms with van der Waals surface area (Å²) in [4.78, 5) is 23.3. The minimum absolute atomic E-state index is 0.245. The third kappa shape index (κ3) is 4.37. The fourth-order valence-corrected chi connectivity index (χ4v) is 4.62. The van der Waals surface area contributed by atoms with Crippen LogP contribution in [0.15, 0.2) is 67.3 Å². The molecule has 4 rings (SSSR count). The van der Waals surface area contributed by atoms with Gasteiger partial charge in [0.05, 0.1) is 5.41 Å². The number of piperidine rings is 1. The number of primary amides is 1. The van der Waals surface area contributed by atoms with Gasteiger partial charge in [0.15, 0.2) is 0 Å². The van der Waals surface area contributed by atoms with Gasteiger partial charge >= 0.3 is 0 Å². The van der Waals surface area contributed by atoms with E-state index in [-0.39, 0.29) is 5.91 Å². The maximum absolute atomic E-state index is 12.7. The molecule has 0 saturated carbocycles. The molecule has 6 heteroatoms. The first kappa shape index (κ1) is 20.5. The van der Waals surface area contributed by atoms with Crippen molar-refractivity contribution in [3.05, 3.63) is 83.4 Å². The minimum atomic E-state index is -0.620. The molecule has 2 heterocycles. The SMILES string of the molecule is NC(=O)C1(Cc2ccccc2-c2cncnc2)CCCN(Cc2ccccc2Cl)C1. The average molecular weight is 421 g/mol. The first-order valence-electron chi connectivity index (χ1n) is 10.2. The van der Waals surface area contributed by atoms with Crippen LogP contribution in [0.1, 0.15) is 24.0 Å². The van der Waals surface area contributed by atoms with E-state index in [2.05, 4.69) is 20.9 Å². The number of hydrogen-bond acceptors (Lipinski definition) is 4. The van der Waals surface area contributed by atoms with E-state index in [9.17, 15) is 4.79 Å². The third-order valence-electron chi connectivity index (χ3n) is 5.95. The first-order valence-corrected chi connectivity index (χ1v) is 10.5. The molecule has 1 amide bonds. The van der Waals surface area contributed by atoms with Crippen molar-refractivity contribution < 1.29 is 4.79 Å². The summed E-state index contributed by atoms with van der Waals surface area (Å²) in [6, 6.07) is 16.0. The molecule has 2 N–H and O–H groups in total. The average Bonchev–Trinajstić information content (AvgIpc) is 2.76. The summed E-state index contributed by atoms with van der Waals surface area (Å²) in [5.41, 5.74) is 9.53. The van der Waals surface area contributed by atoms with Gasteiger partial charge in [0.2, 0.25) is 5.91 Å². The van der Waals surface area contributed by atoms with E-state index in [1.807, 2.05) is 42.5 Å². The number of likely N-dealkylation sites (tertiary alicyclic amines) is 1. The Balaban J connectivity index is 1.61. The van der Waals surface area contributed by atoms with E-state index >= 15 is 0 Å². The Morgan fingerprint density at radius 2 is 1.77 bits per heavy atom. The molecule has 30 heavy (non-hydrogen) atoms. The van der Waals surface area contributed by atoms with E-state index in [0.29, 0.717) is 19.5 Å². The zero-order valence-corrected chi connectivity index (χ0v) is 17.6. The molecule has 2 aromatic carbocycles. The minimum Gasteiger partial charge on any atom is -0.369 e. The van der Waals surface area contributed by atoms with Crippen molar-refractivity contribution in [1.82, 2.24) is 14.9 Å². The molecule has 3 aromatic rings. The summed E-state index contributed by atoms with van der Waals surface area (Å²) in [6.45, 7) is 2.25. The van der Waals surface area contributed by atoms with Crippen LogP contribution in [-0.4, -0.2) is 33.9 Å². The zero-order chi connectivity index (χ0) is 21.0. The Morgan fingerprint density at radius 3 is 2.50 bits per heavy atom. The van der Waals surface area contributed by atoms with Gasteiger partial charge < -0.3 is 5.73 Å². The van der Waals surface area contributed by atoms with Crippen molar-refractivity contribution in [2.45, 2.75) is 25.8 Å². The molecule has 1 unspecified atom stereocenters. The summed E-state index contributed by atoms with van der Waals surface area (Å²) in [7, 11) is 0. The van der Waals surface area contributed by atoms with Gasteiger partial charge in [0.1, 0.15) is 6.33 Å². The van der Waals surface area contributed by atoms with Gasteiger partial charge in [0, 0.05) is 36.1 Å². The Kier molecular flexibility index (Phi) is 6.11. The van der Waals surface area contributed by atoms with Crippen molar-refractivity contribution in [1.29, 1.82) is 0 Å². The summed E-state index contributed by atoms with van der Waals surface area (Å²) in [5, 5.41) is 0.752. The number of carbonyl (C=O) groups is 1. The highest BCUT2D eigenvalue weighted by molar-refractivity contribution is 6.31. The number of nitrogens with zero attached hydrogens (tertiary/aromatic N) is 3. The summed E-state index contributed by atoms with van der Waals surface area (Å²) < 4.78 is 0. The molecule has 0 bridgehead atoms. The normalized spacial score (nSPS) is 19.5. The van der Waals surface area contributed by atoms with Crippen LogP contribution in [0.4, 0.5) is 0 Å². The Hall–Kier alpha value is -2.76. The maximum atomic E-state index is 12.7. The van der Waals surface area contributed by atoms with E-state index in [0.717, 1.165) is 46.7 Å². The predicted molar refractivity (Wildman–Crippen MR) is 119 cm³/mol. The molecular formula is C24H25ClN4O. The Morgan fingerprint density at radius 1 is 1.07 bits per heavy atom. The van der Waals surface area contributed by atoms with Crippen molar-refractivity contribution in [2.24, 2.45) is 11.1 Å². The maximum Gasteiger partial charge on any atom is 0.225 e. The van der Waals surface area contributed by atoms with Gasteiger partial charge in [-0.25, -0.2) is 9.97 Å². The van der Waals surface area contributed by atoms with Gasteiger partial charge in [0.25, 0.3) is 0 Å². The molecule has 1 fully saturated rings. The topological polar surface area (TPSA) is 72.1 Å². The molecule has 5 nitrogen and oxygen atoms in total. The molecule has 1 aliphatic heterocycles. The second-order valence-electron chi connectivity index (χ2n) is 8.01. The van der Waals surface area contributed by atoms with Crippen molar-refractivity contribution in [3.63, 3.8) is 0 Å².